The normalized spacial score (nSPS) is 49.5. The molecule has 10 atom stereocenters. The minimum atomic E-state index is -1.74. The Labute approximate surface area is 136 Å². The third-order valence-corrected chi connectivity index (χ3v) is 3.96. The third-order valence-electron chi connectivity index (χ3n) is 3.96. The summed E-state index contributed by atoms with van der Waals surface area (Å²) in [7, 11) is 0. The molecule has 0 saturated carbocycles. The van der Waals surface area contributed by atoms with Crippen molar-refractivity contribution in [2.45, 2.75) is 61.4 Å². The Bertz CT molecular complexity index is 381. The second-order valence-electron chi connectivity index (χ2n) is 5.57. The van der Waals surface area contributed by atoms with E-state index < -0.39 is 74.6 Å². The second kappa shape index (κ2) is 8.75. The highest BCUT2D eigenvalue weighted by atomic mass is 16.7. The maximum Gasteiger partial charge on any atom is 0.186 e. The minimum absolute atomic E-state index is 0. The molecule has 0 aromatic rings. The van der Waals surface area contributed by atoms with Gasteiger partial charge in [0, 0.05) is 0 Å². The molecule has 10 N–H and O–H groups in total. The highest BCUT2D eigenvalue weighted by Crippen LogP contribution is 2.24. The van der Waals surface area contributed by atoms with Gasteiger partial charge < -0.3 is 60.5 Å². The Hall–Kier alpha value is -0.480. The summed E-state index contributed by atoms with van der Waals surface area (Å²) in [4.78, 5) is 0. The van der Waals surface area contributed by atoms with E-state index in [-0.39, 0.29) is 5.48 Å². The fourth-order valence-corrected chi connectivity index (χ4v) is 2.46. The van der Waals surface area contributed by atoms with Crippen molar-refractivity contribution in [3.05, 3.63) is 0 Å². The molecule has 0 aromatic carbocycles. The summed E-state index contributed by atoms with van der Waals surface area (Å²) < 4.78 is 15.1. The van der Waals surface area contributed by atoms with Gasteiger partial charge in [-0.3, -0.25) is 0 Å². The molecule has 2 aliphatic rings. The molecule has 24 heavy (non-hydrogen) atoms. The van der Waals surface area contributed by atoms with Crippen LogP contribution >= 0.6 is 0 Å². The Morgan fingerprint density at radius 3 is 1.79 bits per heavy atom. The van der Waals surface area contributed by atoms with Gasteiger partial charge in [0.25, 0.3) is 0 Å². The van der Waals surface area contributed by atoms with Crippen molar-refractivity contribution in [1.29, 1.82) is 0 Å². The van der Waals surface area contributed by atoms with E-state index in [4.69, 9.17) is 19.3 Å². The van der Waals surface area contributed by atoms with Crippen molar-refractivity contribution in [2.75, 3.05) is 13.2 Å². The highest BCUT2D eigenvalue weighted by Gasteiger charge is 2.46. The Morgan fingerprint density at radius 1 is 0.667 bits per heavy atom. The molecular weight excluding hydrogens is 336 g/mol. The van der Waals surface area contributed by atoms with Gasteiger partial charge in [-0.2, -0.15) is 0 Å². The van der Waals surface area contributed by atoms with Crippen LogP contribution in [0.5, 0.6) is 0 Å². The van der Waals surface area contributed by atoms with Crippen LogP contribution in [0.3, 0.4) is 0 Å². The zero-order valence-corrected chi connectivity index (χ0v) is 12.5. The number of ether oxygens (including phenoxy) is 3. The zero-order valence-electron chi connectivity index (χ0n) is 12.5. The Balaban J connectivity index is 0.00000288. The van der Waals surface area contributed by atoms with Crippen LogP contribution in [0.25, 0.3) is 0 Å². The molecule has 2 rings (SSSR count). The molecule has 12 heteroatoms. The van der Waals surface area contributed by atoms with Crippen LogP contribution in [0.2, 0.25) is 0 Å². The summed E-state index contributed by atoms with van der Waals surface area (Å²) in [5, 5.41) is 76.1. The number of hydrogen-bond acceptors (Lipinski definition) is 11. The average molecular weight is 360 g/mol. The molecule has 2 aliphatic heterocycles. The molecule has 0 radical (unpaired) electrons. The van der Waals surface area contributed by atoms with E-state index in [0.29, 0.717) is 0 Å². The lowest BCUT2D eigenvalue weighted by Gasteiger charge is -2.41. The van der Waals surface area contributed by atoms with Gasteiger partial charge in [0.15, 0.2) is 12.6 Å². The van der Waals surface area contributed by atoms with Crippen molar-refractivity contribution >= 4 is 0 Å². The molecule has 144 valence electrons. The predicted molar refractivity (Wildman–Crippen MR) is 72.2 cm³/mol. The lowest BCUT2D eigenvalue weighted by atomic mass is 9.98. The first kappa shape index (κ1) is 21.6. The lowest BCUT2D eigenvalue weighted by Crippen LogP contribution is -2.61. The molecule has 2 heterocycles. The molecule has 12 nitrogen and oxygen atoms in total. The van der Waals surface area contributed by atoms with Crippen molar-refractivity contribution in [3.63, 3.8) is 0 Å². The van der Waals surface area contributed by atoms with Crippen LogP contribution in [-0.2, 0) is 14.2 Å². The first-order chi connectivity index (χ1) is 10.8. The summed E-state index contributed by atoms with van der Waals surface area (Å²) >= 11 is 0. The van der Waals surface area contributed by atoms with Gasteiger partial charge in [-0.1, -0.05) is 0 Å². The van der Waals surface area contributed by atoms with Gasteiger partial charge in [0.05, 0.1) is 13.2 Å². The Kier molecular flexibility index (Phi) is 7.86. The van der Waals surface area contributed by atoms with Gasteiger partial charge in [-0.25, -0.2) is 0 Å². The van der Waals surface area contributed by atoms with Crippen LogP contribution in [0, 0.1) is 0 Å². The summed E-state index contributed by atoms with van der Waals surface area (Å²) in [5.41, 5.74) is 0. The van der Waals surface area contributed by atoms with E-state index in [9.17, 15) is 35.7 Å². The van der Waals surface area contributed by atoms with Crippen molar-refractivity contribution in [1.82, 2.24) is 0 Å². The lowest BCUT2D eigenvalue weighted by molar-refractivity contribution is -0.325. The van der Waals surface area contributed by atoms with Crippen LogP contribution in [-0.4, -0.2) is 121 Å². The van der Waals surface area contributed by atoms with E-state index >= 15 is 0 Å². The molecule has 1 unspecified atom stereocenters. The number of hydrogen-bond donors (Lipinski definition) is 8. The molecule has 0 amide bonds. The van der Waals surface area contributed by atoms with Crippen LogP contribution in [0.1, 0.15) is 0 Å². The number of aliphatic hydroxyl groups excluding tert-OH is 8. The van der Waals surface area contributed by atoms with Gasteiger partial charge in [-0.15, -0.1) is 0 Å². The molecule has 2 saturated heterocycles. The molecule has 2 fully saturated rings. The van der Waals surface area contributed by atoms with Gasteiger partial charge in [-0.05, 0) is 0 Å². The topological polar surface area (TPSA) is 221 Å². The van der Waals surface area contributed by atoms with Crippen LogP contribution < -0.4 is 0 Å². The number of aliphatic hydroxyl groups is 8. The largest absolute Gasteiger partial charge is 0.412 e. The predicted octanol–water partition coefficient (Wildman–Crippen LogP) is -6.22. The van der Waals surface area contributed by atoms with Gasteiger partial charge >= 0.3 is 0 Å². The standard InChI is InChI=1S/C12H22O11.H2O/c13-1-3-5(14)8(17)10(19)12(23-3)21-2-4-6(15)7(16)9(18)11(20)22-4;/h3-20H,1-2H2;1H2/t3-,4-,5+,6-,7+,8+,9-,10-,11?,12-;/m1./s1. The smallest absolute Gasteiger partial charge is 0.186 e. The number of rotatable bonds is 4. The molecule has 0 spiro atoms. The molecule has 0 aliphatic carbocycles. The van der Waals surface area contributed by atoms with E-state index in [0.717, 1.165) is 0 Å². The third kappa shape index (κ3) is 4.19. The summed E-state index contributed by atoms with van der Waals surface area (Å²) in [5.74, 6) is 0. The van der Waals surface area contributed by atoms with Crippen molar-refractivity contribution < 1.29 is 60.5 Å². The average Bonchev–Trinajstić information content (AvgIpc) is 2.54. The zero-order chi connectivity index (χ0) is 17.3. The fourth-order valence-electron chi connectivity index (χ4n) is 2.46. The van der Waals surface area contributed by atoms with Crippen LogP contribution in [0.15, 0.2) is 0 Å². The van der Waals surface area contributed by atoms with E-state index in [1.165, 1.54) is 0 Å². The monoisotopic (exact) mass is 360 g/mol. The summed E-state index contributed by atoms with van der Waals surface area (Å²) in [6, 6.07) is 0. The van der Waals surface area contributed by atoms with Crippen molar-refractivity contribution in [2.24, 2.45) is 0 Å². The highest BCUT2D eigenvalue weighted by molar-refractivity contribution is 4.91. The molecule has 0 bridgehead atoms. The molecule has 0 aromatic heterocycles. The van der Waals surface area contributed by atoms with E-state index in [2.05, 4.69) is 0 Å². The van der Waals surface area contributed by atoms with Gasteiger partial charge in [0.1, 0.15) is 48.8 Å². The van der Waals surface area contributed by atoms with Crippen molar-refractivity contribution in [3.8, 4) is 0 Å². The Morgan fingerprint density at radius 2 is 1.21 bits per heavy atom. The summed E-state index contributed by atoms with van der Waals surface area (Å²) in [6.45, 7) is -1.10. The maximum atomic E-state index is 9.78. The first-order valence-corrected chi connectivity index (χ1v) is 7.07. The maximum absolute atomic E-state index is 9.78. The summed E-state index contributed by atoms with van der Waals surface area (Å²) in [6.07, 6.45) is -15.3. The first-order valence-electron chi connectivity index (χ1n) is 7.07. The van der Waals surface area contributed by atoms with Crippen LogP contribution in [0.4, 0.5) is 0 Å². The SMILES string of the molecule is O.OC[C@H]1O[C@@H](OC[C@H]2OC(O)[C@H](O)[C@@H](O)[C@@H]2O)[C@H](O)[C@@H](O)[C@H]1O. The fraction of sp³-hybridized carbons (Fsp3) is 1.00. The second-order valence-corrected chi connectivity index (χ2v) is 5.57. The van der Waals surface area contributed by atoms with E-state index in [1.807, 2.05) is 0 Å². The van der Waals surface area contributed by atoms with Gasteiger partial charge in [0.2, 0.25) is 0 Å². The molecular formula is C12H24O12. The quantitative estimate of drug-likeness (QED) is 0.235. The minimum Gasteiger partial charge on any atom is -0.412 e. The van der Waals surface area contributed by atoms with E-state index in [1.54, 1.807) is 0 Å².